The van der Waals surface area contributed by atoms with E-state index in [1.807, 2.05) is 6.07 Å². The van der Waals surface area contributed by atoms with Crippen LogP contribution < -0.4 is 20.9 Å². The van der Waals surface area contributed by atoms with Crippen LogP contribution in [0.2, 0.25) is 0 Å². The maximum atomic E-state index is 12.9. The fraction of sp³-hybridized carbons (Fsp3) is 0.480. The van der Waals surface area contributed by atoms with Gasteiger partial charge in [-0.1, -0.05) is 12.1 Å². The number of hydrogen-bond donors (Lipinski definition) is 3. The van der Waals surface area contributed by atoms with Crippen LogP contribution in [0, 0.1) is 5.92 Å². The molecule has 0 atom stereocenters. The SMILES string of the molecule is CNC(=O)c1cc(C(=O)CCCC2CCNCC2)cn(Cc2cccc(OCCO)c2)c1=O. The van der Waals surface area contributed by atoms with Crippen LogP contribution in [0.15, 0.2) is 41.3 Å². The number of carbonyl (C=O) groups is 2. The predicted octanol–water partition coefficient (Wildman–Crippen LogP) is 1.98. The molecule has 1 amide bonds. The molecule has 2 heterocycles. The average Bonchev–Trinajstić information content (AvgIpc) is 2.84. The smallest absolute Gasteiger partial charge is 0.263 e. The minimum Gasteiger partial charge on any atom is -0.491 e. The number of aliphatic hydroxyl groups excluding tert-OH is 1. The zero-order valence-corrected chi connectivity index (χ0v) is 19.1. The Morgan fingerprint density at radius 2 is 2.03 bits per heavy atom. The van der Waals surface area contributed by atoms with Crippen molar-refractivity contribution in [3.63, 3.8) is 0 Å². The van der Waals surface area contributed by atoms with E-state index in [0.717, 1.165) is 44.3 Å². The van der Waals surface area contributed by atoms with Gasteiger partial charge in [-0.2, -0.15) is 0 Å². The Kier molecular flexibility index (Phi) is 9.21. The van der Waals surface area contributed by atoms with Gasteiger partial charge in [0.25, 0.3) is 11.5 Å². The standard InChI is InChI=1S/C25H33N3O5/c1-26-24(31)22-15-20(23(30)7-3-4-18-8-10-27-11-9-18)17-28(25(22)32)16-19-5-2-6-21(14-19)33-13-12-29/h2,5-6,14-15,17-18,27,29H,3-4,7-13,16H2,1H3,(H,26,31). The second kappa shape index (κ2) is 12.3. The number of aromatic nitrogens is 1. The third-order valence-corrected chi connectivity index (χ3v) is 5.97. The normalized spacial score (nSPS) is 14.1. The van der Waals surface area contributed by atoms with Crippen molar-refractivity contribution in [2.75, 3.05) is 33.4 Å². The molecule has 1 fully saturated rings. The molecule has 0 radical (unpaired) electrons. The minimum absolute atomic E-state index is 0.0469. The molecule has 3 rings (SSSR count). The molecule has 1 saturated heterocycles. The van der Waals surface area contributed by atoms with Crippen LogP contribution >= 0.6 is 0 Å². The highest BCUT2D eigenvalue weighted by Crippen LogP contribution is 2.20. The van der Waals surface area contributed by atoms with Crippen LogP contribution in [0.1, 0.15) is 58.4 Å². The minimum atomic E-state index is -0.516. The van der Waals surface area contributed by atoms with Gasteiger partial charge in [0.1, 0.15) is 17.9 Å². The van der Waals surface area contributed by atoms with Crippen molar-refractivity contribution in [2.45, 2.75) is 38.6 Å². The summed E-state index contributed by atoms with van der Waals surface area (Å²) in [6.45, 7) is 2.33. The Balaban J connectivity index is 1.78. The summed E-state index contributed by atoms with van der Waals surface area (Å²) in [5, 5.41) is 14.8. The predicted molar refractivity (Wildman–Crippen MR) is 126 cm³/mol. The first-order chi connectivity index (χ1) is 16.0. The number of carbonyl (C=O) groups excluding carboxylic acids is 2. The lowest BCUT2D eigenvalue weighted by Gasteiger charge is -2.22. The van der Waals surface area contributed by atoms with Gasteiger partial charge in [-0.15, -0.1) is 0 Å². The van der Waals surface area contributed by atoms with Crippen LogP contribution in [0.5, 0.6) is 5.75 Å². The van der Waals surface area contributed by atoms with E-state index in [-0.39, 0.29) is 31.1 Å². The van der Waals surface area contributed by atoms with E-state index < -0.39 is 11.5 Å². The van der Waals surface area contributed by atoms with Crippen molar-refractivity contribution in [1.29, 1.82) is 0 Å². The summed E-state index contributed by atoms with van der Waals surface area (Å²) in [5.74, 6) is 0.641. The van der Waals surface area contributed by atoms with Gasteiger partial charge in [0, 0.05) is 25.2 Å². The van der Waals surface area contributed by atoms with E-state index in [9.17, 15) is 14.4 Å². The Bertz CT molecular complexity index is 1010. The maximum Gasteiger partial charge on any atom is 0.263 e. The number of pyridine rings is 1. The molecule has 0 bridgehead atoms. The molecule has 1 aromatic carbocycles. The van der Waals surface area contributed by atoms with Crippen LogP contribution in [0.25, 0.3) is 0 Å². The number of amides is 1. The number of nitrogens with zero attached hydrogens (tertiary/aromatic N) is 1. The first-order valence-electron chi connectivity index (χ1n) is 11.5. The van der Waals surface area contributed by atoms with E-state index in [0.29, 0.717) is 23.7 Å². The molecule has 8 nitrogen and oxygen atoms in total. The monoisotopic (exact) mass is 455 g/mol. The summed E-state index contributed by atoms with van der Waals surface area (Å²) in [6.07, 6.45) is 6.02. The van der Waals surface area contributed by atoms with Gasteiger partial charge >= 0.3 is 0 Å². The van der Waals surface area contributed by atoms with Gasteiger partial charge in [0.05, 0.1) is 13.2 Å². The topological polar surface area (TPSA) is 110 Å². The van der Waals surface area contributed by atoms with Crippen molar-refractivity contribution in [3.8, 4) is 5.75 Å². The second-order valence-corrected chi connectivity index (χ2v) is 8.38. The molecule has 1 aromatic heterocycles. The molecule has 1 aliphatic rings. The first-order valence-corrected chi connectivity index (χ1v) is 11.5. The zero-order chi connectivity index (χ0) is 23.6. The van der Waals surface area contributed by atoms with E-state index in [1.54, 1.807) is 24.4 Å². The number of rotatable bonds is 11. The molecular weight excluding hydrogens is 422 g/mol. The number of hydrogen-bond acceptors (Lipinski definition) is 6. The van der Waals surface area contributed by atoms with Crippen LogP contribution in [-0.2, 0) is 6.54 Å². The summed E-state index contributed by atoms with van der Waals surface area (Å²) >= 11 is 0. The van der Waals surface area contributed by atoms with E-state index in [1.165, 1.54) is 17.7 Å². The summed E-state index contributed by atoms with van der Waals surface area (Å²) in [7, 11) is 1.46. The number of Topliss-reactive ketones (excluding diaryl/α,β-unsaturated/α-hetero) is 1. The lowest BCUT2D eigenvalue weighted by molar-refractivity contribution is 0.0961. The lowest BCUT2D eigenvalue weighted by atomic mass is 9.91. The highest BCUT2D eigenvalue weighted by molar-refractivity contribution is 6.00. The van der Waals surface area contributed by atoms with Gasteiger partial charge in [-0.25, -0.2) is 0 Å². The average molecular weight is 456 g/mol. The molecule has 33 heavy (non-hydrogen) atoms. The Morgan fingerprint density at radius 3 is 2.76 bits per heavy atom. The van der Waals surface area contributed by atoms with Crippen molar-refractivity contribution in [1.82, 2.24) is 15.2 Å². The number of ether oxygens (including phenoxy) is 1. The molecule has 0 unspecified atom stereocenters. The summed E-state index contributed by atoms with van der Waals surface area (Å²) in [4.78, 5) is 38.2. The summed E-state index contributed by atoms with van der Waals surface area (Å²) < 4.78 is 6.84. The fourth-order valence-electron chi connectivity index (χ4n) is 4.16. The van der Waals surface area contributed by atoms with E-state index in [4.69, 9.17) is 9.84 Å². The zero-order valence-electron chi connectivity index (χ0n) is 19.1. The van der Waals surface area contributed by atoms with Crippen molar-refractivity contribution < 1.29 is 19.4 Å². The van der Waals surface area contributed by atoms with Crippen LogP contribution in [0.3, 0.4) is 0 Å². The molecular formula is C25H33N3O5. The Hall–Kier alpha value is -2.97. The maximum absolute atomic E-state index is 12.9. The molecule has 0 aliphatic carbocycles. The molecule has 8 heteroatoms. The van der Waals surface area contributed by atoms with Crippen molar-refractivity contribution in [2.24, 2.45) is 5.92 Å². The Morgan fingerprint density at radius 1 is 1.24 bits per heavy atom. The number of benzene rings is 1. The van der Waals surface area contributed by atoms with Crippen LogP contribution in [-0.4, -0.2) is 54.7 Å². The quantitative estimate of drug-likeness (QED) is 0.447. The van der Waals surface area contributed by atoms with E-state index in [2.05, 4.69) is 10.6 Å². The highest BCUT2D eigenvalue weighted by Gasteiger charge is 2.18. The Labute approximate surface area is 194 Å². The first kappa shape index (κ1) is 24.7. The third kappa shape index (κ3) is 7.00. The molecule has 3 N–H and O–H groups in total. The molecule has 0 saturated carbocycles. The highest BCUT2D eigenvalue weighted by atomic mass is 16.5. The summed E-state index contributed by atoms with van der Waals surface area (Å²) in [6, 6.07) is 8.58. The van der Waals surface area contributed by atoms with Gasteiger partial charge < -0.3 is 25.0 Å². The van der Waals surface area contributed by atoms with Gasteiger partial charge in [-0.3, -0.25) is 14.4 Å². The molecule has 0 spiro atoms. The van der Waals surface area contributed by atoms with Gasteiger partial charge in [0.15, 0.2) is 5.78 Å². The second-order valence-electron chi connectivity index (χ2n) is 8.38. The molecule has 1 aliphatic heterocycles. The number of aliphatic hydroxyl groups is 1. The van der Waals surface area contributed by atoms with E-state index >= 15 is 0 Å². The van der Waals surface area contributed by atoms with Gasteiger partial charge in [0.2, 0.25) is 0 Å². The molecule has 2 aromatic rings. The molecule has 178 valence electrons. The summed E-state index contributed by atoms with van der Waals surface area (Å²) in [5.41, 5.74) is 0.647. The lowest BCUT2D eigenvalue weighted by Crippen LogP contribution is -2.32. The van der Waals surface area contributed by atoms with Crippen LogP contribution in [0.4, 0.5) is 0 Å². The largest absolute Gasteiger partial charge is 0.491 e. The van der Waals surface area contributed by atoms with Gasteiger partial charge in [-0.05, 0) is 68.5 Å². The number of nitrogens with one attached hydrogen (secondary N) is 2. The van der Waals surface area contributed by atoms with Crippen molar-refractivity contribution in [3.05, 3.63) is 63.6 Å². The third-order valence-electron chi connectivity index (χ3n) is 5.97. The number of ketones is 1. The van der Waals surface area contributed by atoms with Crippen molar-refractivity contribution >= 4 is 11.7 Å². The number of piperidine rings is 1. The fourth-order valence-corrected chi connectivity index (χ4v) is 4.16.